The van der Waals surface area contributed by atoms with Crippen LogP contribution in [0.3, 0.4) is 0 Å². The van der Waals surface area contributed by atoms with E-state index in [9.17, 15) is 9.59 Å². The van der Waals surface area contributed by atoms with Crippen LogP contribution < -0.4 is 16.2 Å². The molecule has 2 rings (SSSR count). The van der Waals surface area contributed by atoms with Crippen LogP contribution in [-0.4, -0.2) is 33.2 Å². The second-order valence-electron chi connectivity index (χ2n) is 7.13. The summed E-state index contributed by atoms with van der Waals surface area (Å²) in [6.07, 6.45) is 10.1. The van der Waals surface area contributed by atoms with E-state index < -0.39 is 18.1 Å². The van der Waals surface area contributed by atoms with Crippen LogP contribution in [0.25, 0.3) is 0 Å². The highest BCUT2D eigenvalue weighted by Gasteiger charge is 2.39. The van der Waals surface area contributed by atoms with Gasteiger partial charge in [-0.25, -0.2) is 4.98 Å². The Balaban J connectivity index is 2.29. The number of rotatable bonds is 10. The van der Waals surface area contributed by atoms with E-state index in [1.54, 1.807) is 6.08 Å². The minimum Gasteiger partial charge on any atom is -0.480 e. The van der Waals surface area contributed by atoms with E-state index in [2.05, 4.69) is 28.8 Å². The molecule has 0 radical (unpaired) electrons. The number of allylic oxidation sites excluding steroid dienone is 3. The quantitative estimate of drug-likeness (QED) is 0.546. The molecule has 146 valence electrons. The zero-order valence-electron chi connectivity index (χ0n) is 16.0. The maximum Gasteiger partial charge on any atom is 0.323 e. The Bertz CT molecular complexity index is 804. The van der Waals surface area contributed by atoms with Crippen LogP contribution in [0.5, 0.6) is 0 Å². The SMILES string of the molecule is C=C/C=C(\C=C)C1(CNc2cnc(NC(C)C)n(CC(=O)O)c2=O)CCC1. The van der Waals surface area contributed by atoms with E-state index in [-0.39, 0.29) is 17.4 Å². The topological polar surface area (TPSA) is 96.2 Å². The van der Waals surface area contributed by atoms with Crippen molar-refractivity contribution in [3.8, 4) is 0 Å². The van der Waals surface area contributed by atoms with Gasteiger partial charge in [0, 0.05) is 18.0 Å². The van der Waals surface area contributed by atoms with Gasteiger partial charge in [-0.1, -0.05) is 37.8 Å². The molecular weight excluding hydrogens is 344 g/mol. The van der Waals surface area contributed by atoms with Crippen molar-refractivity contribution in [2.45, 2.75) is 45.7 Å². The molecule has 0 saturated heterocycles. The maximum absolute atomic E-state index is 12.8. The number of nitrogens with one attached hydrogen (secondary N) is 2. The molecule has 1 heterocycles. The summed E-state index contributed by atoms with van der Waals surface area (Å²) in [7, 11) is 0. The van der Waals surface area contributed by atoms with Gasteiger partial charge >= 0.3 is 5.97 Å². The molecule has 0 aromatic carbocycles. The molecule has 1 fully saturated rings. The summed E-state index contributed by atoms with van der Waals surface area (Å²) in [4.78, 5) is 28.2. The van der Waals surface area contributed by atoms with Crippen molar-refractivity contribution in [1.82, 2.24) is 9.55 Å². The fourth-order valence-electron chi connectivity index (χ4n) is 3.29. The molecule has 0 bridgehead atoms. The molecule has 0 spiro atoms. The molecule has 0 unspecified atom stereocenters. The first-order chi connectivity index (χ1) is 12.8. The highest BCUT2D eigenvalue weighted by atomic mass is 16.4. The predicted molar refractivity (Wildman–Crippen MR) is 108 cm³/mol. The van der Waals surface area contributed by atoms with E-state index >= 15 is 0 Å². The number of aliphatic carboxylic acids is 1. The molecule has 1 aromatic rings. The Labute approximate surface area is 159 Å². The van der Waals surface area contributed by atoms with Crippen molar-refractivity contribution in [2.24, 2.45) is 5.41 Å². The third-order valence-electron chi connectivity index (χ3n) is 4.82. The Morgan fingerprint density at radius 2 is 2.15 bits per heavy atom. The number of nitrogens with zero attached hydrogens (tertiary/aromatic N) is 2. The van der Waals surface area contributed by atoms with Gasteiger partial charge in [0.2, 0.25) is 5.95 Å². The lowest BCUT2D eigenvalue weighted by Gasteiger charge is -2.43. The summed E-state index contributed by atoms with van der Waals surface area (Å²) in [5.74, 6) is -0.846. The molecule has 7 nitrogen and oxygen atoms in total. The second kappa shape index (κ2) is 8.70. The monoisotopic (exact) mass is 372 g/mol. The largest absolute Gasteiger partial charge is 0.480 e. The first kappa shape index (κ1) is 20.5. The third kappa shape index (κ3) is 4.67. The van der Waals surface area contributed by atoms with Crippen molar-refractivity contribution >= 4 is 17.6 Å². The molecule has 1 aliphatic carbocycles. The molecule has 0 amide bonds. The molecule has 3 N–H and O–H groups in total. The van der Waals surface area contributed by atoms with Crippen LogP contribution in [-0.2, 0) is 11.3 Å². The van der Waals surface area contributed by atoms with Gasteiger partial charge in [0.25, 0.3) is 5.56 Å². The van der Waals surface area contributed by atoms with Crippen LogP contribution in [0.15, 0.2) is 48.0 Å². The Hall–Kier alpha value is -2.83. The van der Waals surface area contributed by atoms with Crippen molar-refractivity contribution in [3.05, 3.63) is 53.5 Å². The molecule has 27 heavy (non-hydrogen) atoms. The Morgan fingerprint density at radius 1 is 1.44 bits per heavy atom. The summed E-state index contributed by atoms with van der Waals surface area (Å²) in [5.41, 5.74) is 0.888. The van der Waals surface area contributed by atoms with Crippen LogP contribution >= 0.6 is 0 Å². The zero-order chi connectivity index (χ0) is 20.0. The van der Waals surface area contributed by atoms with E-state index in [1.165, 1.54) is 6.20 Å². The molecule has 1 saturated carbocycles. The van der Waals surface area contributed by atoms with Gasteiger partial charge < -0.3 is 15.7 Å². The van der Waals surface area contributed by atoms with Gasteiger partial charge in [-0.3, -0.25) is 14.2 Å². The van der Waals surface area contributed by atoms with Gasteiger partial charge in [-0.2, -0.15) is 0 Å². The lowest BCUT2D eigenvalue weighted by molar-refractivity contribution is -0.137. The summed E-state index contributed by atoms with van der Waals surface area (Å²) in [5, 5.41) is 15.3. The average molecular weight is 372 g/mol. The number of hydrogen-bond donors (Lipinski definition) is 3. The highest BCUT2D eigenvalue weighted by Crippen LogP contribution is 2.47. The van der Waals surface area contributed by atoms with Crippen LogP contribution in [0.1, 0.15) is 33.1 Å². The van der Waals surface area contributed by atoms with Crippen molar-refractivity contribution in [1.29, 1.82) is 0 Å². The standard InChI is InChI=1S/C20H28N4O3/c1-5-8-15(6-2)20(9-7-10-20)13-22-16-11-21-19(23-14(3)4)24(18(16)27)12-17(25)26/h5-6,8,11,14,22H,1-2,7,9-10,12-13H2,3-4H3,(H,21,23)(H,25,26)/b15-8+. The predicted octanol–water partition coefficient (Wildman–Crippen LogP) is 3.03. The number of anilines is 2. The third-order valence-corrected chi connectivity index (χ3v) is 4.82. The molecule has 1 aliphatic rings. The lowest BCUT2D eigenvalue weighted by Crippen LogP contribution is -2.39. The van der Waals surface area contributed by atoms with E-state index in [4.69, 9.17) is 5.11 Å². The number of carboxylic acids is 1. The fourth-order valence-corrected chi connectivity index (χ4v) is 3.29. The van der Waals surface area contributed by atoms with Crippen molar-refractivity contribution in [3.63, 3.8) is 0 Å². The van der Waals surface area contributed by atoms with E-state index in [0.717, 1.165) is 29.4 Å². The first-order valence-corrected chi connectivity index (χ1v) is 9.10. The smallest absolute Gasteiger partial charge is 0.323 e. The van der Waals surface area contributed by atoms with Gasteiger partial charge in [0.15, 0.2) is 0 Å². The number of carbonyl (C=O) groups is 1. The number of carboxylic acid groups (broad SMARTS) is 1. The summed E-state index contributed by atoms with van der Waals surface area (Å²) in [6, 6.07) is 0.0215. The highest BCUT2D eigenvalue weighted by molar-refractivity contribution is 5.67. The van der Waals surface area contributed by atoms with Gasteiger partial charge in [-0.15, -0.1) is 0 Å². The van der Waals surface area contributed by atoms with Gasteiger partial charge in [0.05, 0.1) is 6.20 Å². The van der Waals surface area contributed by atoms with Crippen LogP contribution in [0.4, 0.5) is 11.6 Å². The molecule has 0 atom stereocenters. The molecule has 7 heteroatoms. The van der Waals surface area contributed by atoms with Crippen LogP contribution in [0, 0.1) is 5.41 Å². The Kier molecular flexibility index (Phi) is 6.60. The average Bonchev–Trinajstić information content (AvgIpc) is 2.56. The van der Waals surface area contributed by atoms with Gasteiger partial charge in [0.1, 0.15) is 12.2 Å². The minimum atomic E-state index is -1.10. The van der Waals surface area contributed by atoms with Gasteiger partial charge in [-0.05, 0) is 32.3 Å². The number of aromatic nitrogens is 2. The van der Waals surface area contributed by atoms with Crippen molar-refractivity contribution < 1.29 is 9.90 Å². The fraction of sp³-hybridized carbons (Fsp3) is 0.450. The minimum absolute atomic E-state index is 0.0215. The summed E-state index contributed by atoms with van der Waals surface area (Å²) >= 11 is 0. The molecular formula is C20H28N4O3. The summed E-state index contributed by atoms with van der Waals surface area (Å²) in [6.45, 7) is 11.5. The van der Waals surface area contributed by atoms with Crippen LogP contribution in [0.2, 0.25) is 0 Å². The maximum atomic E-state index is 12.8. The van der Waals surface area contributed by atoms with E-state index in [0.29, 0.717) is 12.2 Å². The Morgan fingerprint density at radius 3 is 2.63 bits per heavy atom. The number of hydrogen-bond acceptors (Lipinski definition) is 5. The normalized spacial score (nSPS) is 15.7. The lowest BCUT2D eigenvalue weighted by atomic mass is 9.63. The first-order valence-electron chi connectivity index (χ1n) is 9.10. The zero-order valence-corrected chi connectivity index (χ0v) is 16.0. The molecule has 1 aromatic heterocycles. The molecule has 0 aliphatic heterocycles. The second-order valence-corrected chi connectivity index (χ2v) is 7.13. The summed E-state index contributed by atoms with van der Waals surface area (Å²) < 4.78 is 1.14. The van der Waals surface area contributed by atoms with Crippen molar-refractivity contribution in [2.75, 3.05) is 17.2 Å². The van der Waals surface area contributed by atoms with E-state index in [1.807, 2.05) is 26.0 Å².